The summed E-state index contributed by atoms with van der Waals surface area (Å²) < 4.78 is 0.797. The van der Waals surface area contributed by atoms with Gasteiger partial charge in [0.1, 0.15) is 0 Å². The number of amides is 1. The molecule has 114 valence electrons. The summed E-state index contributed by atoms with van der Waals surface area (Å²) in [5.74, 6) is 0.736. The van der Waals surface area contributed by atoms with Gasteiger partial charge in [-0.15, -0.1) is 0 Å². The van der Waals surface area contributed by atoms with Gasteiger partial charge in [-0.1, -0.05) is 24.4 Å². The van der Waals surface area contributed by atoms with Crippen molar-refractivity contribution in [3.05, 3.63) is 21.9 Å². The number of hydrogen-bond acceptors (Lipinski definition) is 3. The Bertz CT molecular complexity index is 540. The van der Waals surface area contributed by atoms with Crippen molar-refractivity contribution in [3.8, 4) is 0 Å². The molecule has 1 aromatic rings. The van der Waals surface area contributed by atoms with Crippen LogP contribution in [0.1, 0.15) is 38.5 Å². The summed E-state index contributed by atoms with van der Waals surface area (Å²) in [6.07, 6.45) is 8.74. The zero-order valence-electron chi connectivity index (χ0n) is 11.7. The Kier molecular flexibility index (Phi) is 4.82. The minimum Gasteiger partial charge on any atom is -0.322 e. The monoisotopic (exact) mass is 371 g/mol. The van der Waals surface area contributed by atoms with Crippen LogP contribution in [0.15, 0.2) is 16.7 Å². The van der Waals surface area contributed by atoms with E-state index < -0.39 is 0 Å². The Labute approximate surface area is 138 Å². The summed E-state index contributed by atoms with van der Waals surface area (Å²) >= 11 is 9.36. The van der Waals surface area contributed by atoms with Gasteiger partial charge in [-0.05, 0) is 53.6 Å². The number of pyridine rings is 1. The predicted molar refractivity (Wildman–Crippen MR) is 87.5 cm³/mol. The SMILES string of the molecule is O=C(Nc1cc(Br)cnc1Cl)C1CCC2CCCCC2N1. The second kappa shape index (κ2) is 6.63. The highest BCUT2D eigenvalue weighted by Gasteiger charge is 2.34. The molecule has 1 saturated carbocycles. The van der Waals surface area contributed by atoms with Gasteiger partial charge in [0.05, 0.1) is 11.7 Å². The van der Waals surface area contributed by atoms with Gasteiger partial charge in [-0.2, -0.15) is 0 Å². The Morgan fingerprint density at radius 3 is 3.00 bits per heavy atom. The highest BCUT2D eigenvalue weighted by molar-refractivity contribution is 9.10. The summed E-state index contributed by atoms with van der Waals surface area (Å²) in [7, 11) is 0. The first-order chi connectivity index (χ1) is 10.1. The van der Waals surface area contributed by atoms with Crippen LogP contribution in [-0.2, 0) is 4.79 Å². The van der Waals surface area contributed by atoms with Gasteiger partial charge in [-0.3, -0.25) is 4.79 Å². The van der Waals surface area contributed by atoms with Crippen molar-refractivity contribution >= 4 is 39.1 Å². The van der Waals surface area contributed by atoms with E-state index in [9.17, 15) is 4.79 Å². The third-order valence-corrected chi connectivity index (χ3v) is 5.27. The summed E-state index contributed by atoms with van der Waals surface area (Å²) in [4.78, 5) is 16.5. The smallest absolute Gasteiger partial charge is 0.241 e. The van der Waals surface area contributed by atoms with E-state index in [1.165, 1.54) is 25.7 Å². The third-order valence-electron chi connectivity index (χ3n) is 4.53. The fourth-order valence-electron chi connectivity index (χ4n) is 3.43. The van der Waals surface area contributed by atoms with Crippen molar-refractivity contribution in [1.29, 1.82) is 0 Å². The average Bonchev–Trinajstić information content (AvgIpc) is 2.50. The molecule has 2 heterocycles. The molecule has 1 aliphatic carbocycles. The first-order valence-corrected chi connectivity index (χ1v) is 8.68. The molecular formula is C15H19BrClN3O. The molecule has 2 fully saturated rings. The molecule has 0 radical (unpaired) electrons. The Balaban J connectivity index is 1.64. The van der Waals surface area contributed by atoms with Crippen molar-refractivity contribution < 1.29 is 4.79 Å². The van der Waals surface area contributed by atoms with Crippen LogP contribution in [0, 0.1) is 5.92 Å². The molecule has 0 aromatic carbocycles. The van der Waals surface area contributed by atoms with Gasteiger partial charge in [0.25, 0.3) is 0 Å². The van der Waals surface area contributed by atoms with Crippen molar-refractivity contribution in [2.75, 3.05) is 5.32 Å². The van der Waals surface area contributed by atoms with Gasteiger partial charge in [-0.25, -0.2) is 4.98 Å². The van der Waals surface area contributed by atoms with Crippen LogP contribution in [-0.4, -0.2) is 23.0 Å². The number of nitrogens with one attached hydrogen (secondary N) is 2. The van der Waals surface area contributed by atoms with Gasteiger partial charge in [0.15, 0.2) is 5.15 Å². The minimum atomic E-state index is -0.126. The Morgan fingerprint density at radius 2 is 2.14 bits per heavy atom. The van der Waals surface area contributed by atoms with E-state index in [-0.39, 0.29) is 11.9 Å². The molecular weight excluding hydrogens is 354 g/mol. The second-order valence-electron chi connectivity index (χ2n) is 5.93. The van der Waals surface area contributed by atoms with Crippen LogP contribution in [0.3, 0.4) is 0 Å². The first-order valence-electron chi connectivity index (χ1n) is 7.51. The van der Waals surface area contributed by atoms with E-state index in [4.69, 9.17) is 11.6 Å². The maximum absolute atomic E-state index is 12.4. The zero-order chi connectivity index (χ0) is 14.8. The number of fused-ring (bicyclic) bond motifs is 1. The number of halogens is 2. The normalized spacial score (nSPS) is 28.8. The lowest BCUT2D eigenvalue weighted by Crippen LogP contribution is -2.53. The maximum atomic E-state index is 12.4. The second-order valence-corrected chi connectivity index (χ2v) is 7.20. The zero-order valence-corrected chi connectivity index (χ0v) is 14.1. The standard InChI is InChI=1S/C15H19BrClN3O/c16-10-7-13(14(17)18-8-10)20-15(21)12-6-5-9-3-1-2-4-11(9)19-12/h7-9,11-12,19H,1-6H2,(H,20,21). The first kappa shape index (κ1) is 15.3. The molecule has 1 amide bonds. The number of rotatable bonds is 2. The lowest BCUT2D eigenvalue weighted by molar-refractivity contribution is -0.119. The van der Waals surface area contributed by atoms with Gasteiger partial charge in [0, 0.05) is 16.7 Å². The summed E-state index contributed by atoms with van der Waals surface area (Å²) in [5, 5.41) is 6.73. The molecule has 2 N–H and O–H groups in total. The molecule has 21 heavy (non-hydrogen) atoms. The molecule has 6 heteroatoms. The number of aromatic nitrogens is 1. The third kappa shape index (κ3) is 3.58. The highest BCUT2D eigenvalue weighted by atomic mass is 79.9. The maximum Gasteiger partial charge on any atom is 0.241 e. The highest BCUT2D eigenvalue weighted by Crippen LogP contribution is 2.32. The van der Waals surface area contributed by atoms with Crippen molar-refractivity contribution in [1.82, 2.24) is 10.3 Å². The molecule has 3 rings (SSSR count). The summed E-state index contributed by atoms with van der Waals surface area (Å²) in [5.41, 5.74) is 0.559. The lowest BCUT2D eigenvalue weighted by atomic mass is 9.77. The van der Waals surface area contributed by atoms with Crippen molar-refractivity contribution in [2.45, 2.75) is 50.6 Å². The number of carbonyl (C=O) groups excluding carboxylic acids is 1. The average molecular weight is 373 g/mol. The van der Waals surface area contributed by atoms with E-state index in [1.807, 2.05) is 0 Å². The summed E-state index contributed by atoms with van der Waals surface area (Å²) in [6, 6.07) is 2.15. The molecule has 1 saturated heterocycles. The molecule has 0 spiro atoms. The van der Waals surface area contributed by atoms with Crippen LogP contribution in [0.2, 0.25) is 5.15 Å². The molecule has 0 bridgehead atoms. The van der Waals surface area contributed by atoms with Crippen LogP contribution in [0.5, 0.6) is 0 Å². The van der Waals surface area contributed by atoms with Crippen LogP contribution in [0.25, 0.3) is 0 Å². The van der Waals surface area contributed by atoms with Crippen LogP contribution >= 0.6 is 27.5 Å². The topological polar surface area (TPSA) is 54.0 Å². The fourth-order valence-corrected chi connectivity index (χ4v) is 3.91. The van der Waals surface area contributed by atoms with Crippen LogP contribution < -0.4 is 10.6 Å². The van der Waals surface area contributed by atoms with E-state index in [2.05, 4.69) is 31.5 Å². The van der Waals surface area contributed by atoms with Gasteiger partial charge < -0.3 is 10.6 Å². The number of nitrogens with zero attached hydrogens (tertiary/aromatic N) is 1. The summed E-state index contributed by atoms with van der Waals surface area (Å²) in [6.45, 7) is 0. The van der Waals surface area contributed by atoms with Gasteiger partial charge >= 0.3 is 0 Å². The number of hydrogen-bond donors (Lipinski definition) is 2. The van der Waals surface area contributed by atoms with E-state index >= 15 is 0 Å². The van der Waals surface area contributed by atoms with Crippen molar-refractivity contribution in [3.63, 3.8) is 0 Å². The predicted octanol–water partition coefficient (Wildman–Crippen LogP) is 3.75. The van der Waals surface area contributed by atoms with Gasteiger partial charge in [0.2, 0.25) is 5.91 Å². The number of piperidine rings is 1. The van der Waals surface area contributed by atoms with Crippen LogP contribution in [0.4, 0.5) is 5.69 Å². The molecule has 1 aliphatic heterocycles. The molecule has 4 nitrogen and oxygen atoms in total. The lowest BCUT2D eigenvalue weighted by Gasteiger charge is -2.39. The van der Waals surface area contributed by atoms with E-state index in [0.29, 0.717) is 16.9 Å². The molecule has 3 unspecified atom stereocenters. The molecule has 1 aromatic heterocycles. The quantitative estimate of drug-likeness (QED) is 0.777. The minimum absolute atomic E-state index is 0.0131. The molecule has 2 aliphatic rings. The fraction of sp³-hybridized carbons (Fsp3) is 0.600. The number of anilines is 1. The molecule has 3 atom stereocenters. The largest absolute Gasteiger partial charge is 0.322 e. The number of carbonyl (C=O) groups is 1. The van der Waals surface area contributed by atoms with E-state index in [1.54, 1.807) is 12.3 Å². The Hall–Kier alpha value is -0.650. The Morgan fingerprint density at radius 1 is 1.33 bits per heavy atom. The van der Waals surface area contributed by atoms with Crippen molar-refractivity contribution in [2.24, 2.45) is 5.92 Å². The van der Waals surface area contributed by atoms with E-state index in [0.717, 1.165) is 23.2 Å².